The molecule has 114 valence electrons. The number of anilines is 1. The summed E-state index contributed by atoms with van der Waals surface area (Å²) in [7, 11) is 0. The lowest BCUT2D eigenvalue weighted by atomic mass is 9.87. The maximum Gasteiger partial charge on any atom is 0.226 e. The van der Waals surface area contributed by atoms with Gasteiger partial charge in [-0.05, 0) is 30.5 Å². The van der Waals surface area contributed by atoms with Gasteiger partial charge in [0.25, 0.3) is 0 Å². The first kappa shape index (κ1) is 13.4. The number of amides is 1. The van der Waals surface area contributed by atoms with Gasteiger partial charge >= 0.3 is 0 Å². The molecule has 1 aliphatic heterocycles. The molecule has 1 amide bonds. The van der Waals surface area contributed by atoms with Crippen molar-refractivity contribution in [3.63, 3.8) is 0 Å². The van der Waals surface area contributed by atoms with Crippen molar-refractivity contribution < 1.29 is 9.90 Å². The van der Waals surface area contributed by atoms with Crippen LogP contribution >= 0.6 is 0 Å². The molecule has 0 unspecified atom stereocenters. The number of hydrogen-bond donors (Lipinski definition) is 2. The molecule has 2 N–H and O–H groups in total. The van der Waals surface area contributed by atoms with E-state index in [-0.39, 0.29) is 17.6 Å². The van der Waals surface area contributed by atoms with Gasteiger partial charge in [-0.1, -0.05) is 25.0 Å². The van der Waals surface area contributed by atoms with E-state index in [4.69, 9.17) is 0 Å². The number of carbonyl (C=O) groups is 1. The number of fused-ring (bicyclic) bond motifs is 1. The van der Waals surface area contributed by atoms with Crippen molar-refractivity contribution in [3.8, 4) is 5.75 Å². The third kappa shape index (κ3) is 2.17. The molecule has 0 radical (unpaired) electrons. The molecule has 1 atom stereocenters. The van der Waals surface area contributed by atoms with Crippen molar-refractivity contribution in [2.24, 2.45) is 0 Å². The van der Waals surface area contributed by atoms with E-state index in [2.05, 4.69) is 10.4 Å². The van der Waals surface area contributed by atoms with Gasteiger partial charge in [0, 0.05) is 17.9 Å². The minimum Gasteiger partial charge on any atom is -0.508 e. The lowest BCUT2D eigenvalue weighted by Crippen LogP contribution is -2.25. The number of phenols is 1. The van der Waals surface area contributed by atoms with Gasteiger partial charge in [-0.3, -0.25) is 4.79 Å². The Kier molecular flexibility index (Phi) is 3.13. The van der Waals surface area contributed by atoms with E-state index in [1.807, 2.05) is 23.0 Å². The molecule has 2 aromatic rings. The van der Waals surface area contributed by atoms with Crippen molar-refractivity contribution in [1.82, 2.24) is 9.78 Å². The Bertz CT molecular complexity index is 716. The zero-order valence-electron chi connectivity index (χ0n) is 12.3. The fraction of sp³-hybridized carbons (Fsp3) is 0.412. The van der Waals surface area contributed by atoms with Crippen LogP contribution < -0.4 is 5.32 Å². The van der Waals surface area contributed by atoms with E-state index in [1.54, 1.807) is 12.1 Å². The molecule has 5 heteroatoms. The average Bonchev–Trinajstić information content (AvgIpc) is 3.14. The summed E-state index contributed by atoms with van der Waals surface area (Å²) in [5.74, 6) is 1.05. The van der Waals surface area contributed by atoms with Gasteiger partial charge in [0.1, 0.15) is 11.6 Å². The van der Waals surface area contributed by atoms with Crippen molar-refractivity contribution in [2.45, 2.75) is 44.1 Å². The summed E-state index contributed by atoms with van der Waals surface area (Å²) in [4.78, 5) is 12.1. The second kappa shape index (κ2) is 5.16. The topological polar surface area (TPSA) is 67.1 Å². The van der Waals surface area contributed by atoms with Gasteiger partial charge in [0.05, 0.1) is 12.2 Å². The van der Waals surface area contributed by atoms with Gasteiger partial charge < -0.3 is 10.4 Å². The summed E-state index contributed by atoms with van der Waals surface area (Å²) in [5, 5.41) is 17.3. The zero-order chi connectivity index (χ0) is 15.1. The summed E-state index contributed by atoms with van der Waals surface area (Å²) in [6, 6.07) is 7.56. The Balaban J connectivity index is 1.76. The number of aromatic nitrogens is 2. The fourth-order valence-electron chi connectivity index (χ4n) is 3.70. The normalized spacial score (nSPS) is 21.6. The molecule has 4 rings (SSSR count). The van der Waals surface area contributed by atoms with Crippen LogP contribution in [-0.4, -0.2) is 20.8 Å². The molecule has 2 heterocycles. The van der Waals surface area contributed by atoms with Crippen LogP contribution in [0.5, 0.6) is 5.75 Å². The van der Waals surface area contributed by atoms with Crippen LogP contribution in [0.4, 0.5) is 5.82 Å². The van der Waals surface area contributed by atoms with Crippen LogP contribution in [0.15, 0.2) is 30.5 Å². The molecule has 1 aromatic heterocycles. The SMILES string of the molecule is O=C1C[C@@H](c2cccc(O)c2)c2cnn(C3CCCC3)c2N1. The summed E-state index contributed by atoms with van der Waals surface area (Å²) in [5.41, 5.74) is 2.01. The predicted octanol–water partition coefficient (Wildman–Crippen LogP) is 3.18. The molecular formula is C17H19N3O2. The number of nitrogens with one attached hydrogen (secondary N) is 1. The van der Waals surface area contributed by atoms with E-state index in [0.29, 0.717) is 12.5 Å². The highest BCUT2D eigenvalue weighted by Gasteiger charge is 2.32. The van der Waals surface area contributed by atoms with E-state index in [9.17, 15) is 9.90 Å². The lowest BCUT2D eigenvalue weighted by Gasteiger charge is -2.25. The molecule has 1 aromatic carbocycles. The number of hydrogen-bond acceptors (Lipinski definition) is 3. The van der Waals surface area contributed by atoms with Gasteiger partial charge in [-0.2, -0.15) is 5.10 Å². The number of phenolic OH excluding ortho intramolecular Hbond substituents is 1. The van der Waals surface area contributed by atoms with Crippen molar-refractivity contribution in [2.75, 3.05) is 5.32 Å². The number of rotatable bonds is 2. The minimum atomic E-state index is -0.0361. The fourth-order valence-corrected chi connectivity index (χ4v) is 3.70. The highest BCUT2D eigenvalue weighted by molar-refractivity contribution is 5.94. The van der Waals surface area contributed by atoms with Gasteiger partial charge in [0.2, 0.25) is 5.91 Å². The van der Waals surface area contributed by atoms with E-state index >= 15 is 0 Å². The Morgan fingerprint density at radius 1 is 1.27 bits per heavy atom. The second-order valence-corrected chi connectivity index (χ2v) is 6.23. The molecule has 2 aliphatic rings. The molecule has 0 bridgehead atoms. The van der Waals surface area contributed by atoms with Crippen LogP contribution in [0.25, 0.3) is 0 Å². The number of nitrogens with zero attached hydrogens (tertiary/aromatic N) is 2. The van der Waals surface area contributed by atoms with Gasteiger partial charge in [0.15, 0.2) is 0 Å². The molecule has 1 saturated carbocycles. The van der Waals surface area contributed by atoms with Crippen LogP contribution in [0.3, 0.4) is 0 Å². The Labute approximate surface area is 129 Å². The first-order chi connectivity index (χ1) is 10.7. The molecular weight excluding hydrogens is 278 g/mol. The van der Waals surface area contributed by atoms with E-state index < -0.39 is 0 Å². The summed E-state index contributed by atoms with van der Waals surface area (Å²) < 4.78 is 2.00. The monoisotopic (exact) mass is 297 g/mol. The first-order valence-electron chi connectivity index (χ1n) is 7.88. The van der Waals surface area contributed by atoms with Crippen molar-refractivity contribution >= 4 is 11.7 Å². The third-order valence-electron chi connectivity index (χ3n) is 4.79. The largest absolute Gasteiger partial charge is 0.508 e. The Morgan fingerprint density at radius 2 is 2.09 bits per heavy atom. The van der Waals surface area contributed by atoms with Gasteiger partial charge in [-0.25, -0.2) is 4.68 Å². The van der Waals surface area contributed by atoms with Crippen LogP contribution in [0, 0.1) is 0 Å². The van der Waals surface area contributed by atoms with Crippen LogP contribution in [0.2, 0.25) is 0 Å². The summed E-state index contributed by atoms with van der Waals surface area (Å²) >= 11 is 0. The highest BCUT2D eigenvalue weighted by Crippen LogP contribution is 2.41. The third-order valence-corrected chi connectivity index (χ3v) is 4.79. The van der Waals surface area contributed by atoms with Crippen LogP contribution in [0.1, 0.15) is 55.2 Å². The Morgan fingerprint density at radius 3 is 2.86 bits per heavy atom. The highest BCUT2D eigenvalue weighted by atomic mass is 16.3. The van der Waals surface area contributed by atoms with E-state index in [0.717, 1.165) is 29.8 Å². The smallest absolute Gasteiger partial charge is 0.226 e. The predicted molar refractivity (Wildman–Crippen MR) is 82.9 cm³/mol. The minimum absolute atomic E-state index is 0.0144. The number of carbonyl (C=O) groups excluding carboxylic acids is 1. The zero-order valence-corrected chi connectivity index (χ0v) is 12.3. The molecule has 1 aliphatic carbocycles. The molecule has 1 fully saturated rings. The second-order valence-electron chi connectivity index (χ2n) is 6.23. The molecule has 0 spiro atoms. The standard InChI is InChI=1S/C17H19N3O2/c21-13-7-3-4-11(8-13)14-9-16(22)19-17-15(14)10-18-20(17)12-5-1-2-6-12/h3-4,7-8,10,12,14,21H,1-2,5-6,9H2,(H,19,22)/t14-/m0/s1. The van der Waals surface area contributed by atoms with Crippen molar-refractivity contribution in [1.29, 1.82) is 0 Å². The molecule has 5 nitrogen and oxygen atoms in total. The molecule has 0 saturated heterocycles. The lowest BCUT2D eigenvalue weighted by molar-refractivity contribution is -0.116. The number of benzene rings is 1. The van der Waals surface area contributed by atoms with Crippen LogP contribution in [-0.2, 0) is 4.79 Å². The average molecular weight is 297 g/mol. The van der Waals surface area contributed by atoms with Gasteiger partial charge in [-0.15, -0.1) is 0 Å². The van der Waals surface area contributed by atoms with E-state index in [1.165, 1.54) is 12.8 Å². The quantitative estimate of drug-likeness (QED) is 0.894. The maximum absolute atomic E-state index is 12.1. The van der Waals surface area contributed by atoms with Crippen molar-refractivity contribution in [3.05, 3.63) is 41.6 Å². The molecule has 22 heavy (non-hydrogen) atoms. The first-order valence-corrected chi connectivity index (χ1v) is 7.88. The Hall–Kier alpha value is -2.30. The summed E-state index contributed by atoms with van der Waals surface area (Å²) in [6.07, 6.45) is 6.97. The summed E-state index contributed by atoms with van der Waals surface area (Å²) in [6.45, 7) is 0. The maximum atomic E-state index is 12.1. The number of aromatic hydroxyl groups is 1.